The third-order valence-electron chi connectivity index (χ3n) is 3.27. The van der Waals surface area contributed by atoms with E-state index in [1.807, 2.05) is 31.5 Å². The van der Waals surface area contributed by atoms with E-state index in [-0.39, 0.29) is 6.15 Å². The Morgan fingerprint density at radius 1 is 0.842 bits per heavy atom. The van der Waals surface area contributed by atoms with Gasteiger partial charge in [0.1, 0.15) is 0 Å². The van der Waals surface area contributed by atoms with Crippen molar-refractivity contribution in [3.63, 3.8) is 0 Å². The van der Waals surface area contributed by atoms with Gasteiger partial charge in [-0.15, -0.1) is 0 Å². The fourth-order valence-electron chi connectivity index (χ4n) is 2.10. The summed E-state index contributed by atoms with van der Waals surface area (Å²) in [4.78, 5) is 8.64. The van der Waals surface area contributed by atoms with Gasteiger partial charge in [-0.2, -0.15) is 0 Å². The summed E-state index contributed by atoms with van der Waals surface area (Å²) in [5.74, 6) is 0. The van der Waals surface area contributed by atoms with E-state index in [2.05, 4.69) is 41.2 Å². The van der Waals surface area contributed by atoms with Crippen LogP contribution in [0.5, 0.6) is 0 Å². The van der Waals surface area contributed by atoms with Crippen LogP contribution in [0.1, 0.15) is 11.3 Å². The Morgan fingerprint density at radius 2 is 1.58 bits per heavy atom. The molecule has 0 amide bonds. The molecule has 3 N–H and O–H groups in total. The maximum absolute atomic E-state index is 4.60. The number of fused-ring (bicyclic) bond motifs is 1. The number of nitrogens with zero attached hydrogens (tertiary/aromatic N) is 2. The molecule has 0 atom stereocenters. The van der Waals surface area contributed by atoms with E-state index in [0.717, 1.165) is 11.2 Å². The molecule has 96 valence electrons. The van der Waals surface area contributed by atoms with Crippen molar-refractivity contribution in [1.82, 2.24) is 16.1 Å². The molecule has 3 rings (SSSR count). The molecule has 0 aliphatic heterocycles. The third kappa shape index (κ3) is 2.46. The van der Waals surface area contributed by atoms with Gasteiger partial charge >= 0.3 is 0 Å². The quantitative estimate of drug-likeness (QED) is 0.709. The summed E-state index contributed by atoms with van der Waals surface area (Å²) >= 11 is 0. The number of hydrogen-bond donors (Lipinski definition) is 1. The number of aromatic nitrogens is 2. The summed E-state index contributed by atoms with van der Waals surface area (Å²) in [6.45, 7) is 4.15. The molecule has 0 aliphatic rings. The molecule has 0 aliphatic carbocycles. The van der Waals surface area contributed by atoms with Crippen LogP contribution in [0.25, 0.3) is 22.0 Å². The van der Waals surface area contributed by atoms with Crippen LogP contribution in [0, 0.1) is 13.8 Å². The molecule has 0 bridgehead atoms. The largest absolute Gasteiger partial charge is 0.344 e. The minimum atomic E-state index is 0. The number of aryl methyl sites for hydroxylation is 2. The summed E-state index contributed by atoms with van der Waals surface area (Å²) in [6, 6.07) is 12.6. The van der Waals surface area contributed by atoms with E-state index in [1.165, 1.54) is 22.1 Å². The molecule has 0 saturated heterocycles. The molecule has 0 unspecified atom stereocenters. The molecule has 0 saturated carbocycles. The zero-order valence-corrected chi connectivity index (χ0v) is 11.2. The van der Waals surface area contributed by atoms with Crippen LogP contribution in [-0.4, -0.2) is 9.97 Å². The predicted molar refractivity (Wildman–Crippen MR) is 79.5 cm³/mol. The first kappa shape index (κ1) is 13.2. The van der Waals surface area contributed by atoms with E-state index in [1.54, 1.807) is 0 Å². The Balaban J connectivity index is 0.00000133. The standard InChI is InChI=1S/C16H14N2.H3N/c1-11-9-15-10-14(13-5-7-17-8-6-13)3-4-16(15)18-12(11)2;/h3-10H,1-2H3;1H3. The van der Waals surface area contributed by atoms with Crippen LogP contribution in [0.3, 0.4) is 0 Å². The Hall–Kier alpha value is -2.26. The molecule has 0 radical (unpaired) electrons. The fourth-order valence-corrected chi connectivity index (χ4v) is 2.10. The fraction of sp³-hybridized carbons (Fsp3) is 0.125. The van der Waals surface area contributed by atoms with E-state index >= 15 is 0 Å². The zero-order chi connectivity index (χ0) is 12.5. The van der Waals surface area contributed by atoms with Gasteiger partial charge in [0.25, 0.3) is 0 Å². The highest BCUT2D eigenvalue weighted by molar-refractivity contribution is 5.85. The highest BCUT2D eigenvalue weighted by Gasteiger charge is 2.02. The van der Waals surface area contributed by atoms with Gasteiger partial charge in [0, 0.05) is 23.5 Å². The van der Waals surface area contributed by atoms with E-state index < -0.39 is 0 Å². The van der Waals surface area contributed by atoms with Gasteiger partial charge in [0.15, 0.2) is 0 Å². The number of pyridine rings is 2. The van der Waals surface area contributed by atoms with Crippen molar-refractivity contribution in [3.05, 3.63) is 60.0 Å². The van der Waals surface area contributed by atoms with Crippen LogP contribution >= 0.6 is 0 Å². The lowest BCUT2D eigenvalue weighted by Crippen LogP contribution is -1.88. The molecule has 2 aromatic heterocycles. The first-order chi connectivity index (χ1) is 8.74. The van der Waals surface area contributed by atoms with Crippen molar-refractivity contribution >= 4 is 10.9 Å². The minimum absolute atomic E-state index is 0. The maximum atomic E-state index is 4.60. The van der Waals surface area contributed by atoms with Gasteiger partial charge in [-0.05, 0) is 60.9 Å². The highest BCUT2D eigenvalue weighted by Crippen LogP contribution is 2.24. The summed E-state index contributed by atoms with van der Waals surface area (Å²) < 4.78 is 0. The Bertz CT molecular complexity index is 706. The number of hydrogen-bond acceptors (Lipinski definition) is 3. The van der Waals surface area contributed by atoms with Gasteiger partial charge in [-0.25, -0.2) is 0 Å². The van der Waals surface area contributed by atoms with Crippen LogP contribution in [0.2, 0.25) is 0 Å². The molecule has 3 heteroatoms. The molecule has 3 nitrogen and oxygen atoms in total. The van der Waals surface area contributed by atoms with Crippen molar-refractivity contribution in [2.75, 3.05) is 0 Å². The summed E-state index contributed by atoms with van der Waals surface area (Å²) in [5, 5.41) is 1.19. The predicted octanol–water partition coefficient (Wildman–Crippen LogP) is 4.08. The molecule has 3 aromatic rings. The number of benzene rings is 1. The summed E-state index contributed by atoms with van der Waals surface area (Å²) in [7, 11) is 0. The van der Waals surface area contributed by atoms with Gasteiger partial charge in [-0.3, -0.25) is 9.97 Å². The van der Waals surface area contributed by atoms with Gasteiger partial charge in [0.2, 0.25) is 0 Å². The van der Waals surface area contributed by atoms with Crippen molar-refractivity contribution < 1.29 is 0 Å². The van der Waals surface area contributed by atoms with Crippen molar-refractivity contribution in [1.29, 1.82) is 0 Å². The molecule has 19 heavy (non-hydrogen) atoms. The lowest BCUT2D eigenvalue weighted by atomic mass is 10.0. The summed E-state index contributed by atoms with van der Waals surface area (Å²) in [5.41, 5.74) is 5.77. The third-order valence-corrected chi connectivity index (χ3v) is 3.27. The lowest BCUT2D eigenvalue weighted by Gasteiger charge is -2.06. The molecular formula is C16H17N3. The first-order valence-corrected chi connectivity index (χ1v) is 6.02. The normalized spacial score (nSPS) is 10.2. The van der Waals surface area contributed by atoms with Crippen LogP contribution in [-0.2, 0) is 0 Å². The first-order valence-electron chi connectivity index (χ1n) is 6.02. The van der Waals surface area contributed by atoms with E-state index in [0.29, 0.717) is 0 Å². The van der Waals surface area contributed by atoms with E-state index in [9.17, 15) is 0 Å². The van der Waals surface area contributed by atoms with Crippen molar-refractivity contribution in [2.45, 2.75) is 13.8 Å². The lowest BCUT2D eigenvalue weighted by molar-refractivity contribution is 1.20. The van der Waals surface area contributed by atoms with Crippen molar-refractivity contribution in [3.8, 4) is 11.1 Å². The molecule has 0 fully saturated rings. The maximum Gasteiger partial charge on any atom is 0.0705 e. The molecule has 0 spiro atoms. The minimum Gasteiger partial charge on any atom is -0.344 e. The number of rotatable bonds is 1. The molecule has 2 heterocycles. The second kappa shape index (κ2) is 5.16. The topological polar surface area (TPSA) is 60.8 Å². The van der Waals surface area contributed by atoms with E-state index in [4.69, 9.17) is 0 Å². The summed E-state index contributed by atoms with van der Waals surface area (Å²) in [6.07, 6.45) is 3.64. The highest BCUT2D eigenvalue weighted by atomic mass is 14.7. The van der Waals surface area contributed by atoms with Crippen LogP contribution in [0.15, 0.2) is 48.8 Å². The van der Waals surface area contributed by atoms with Crippen LogP contribution in [0.4, 0.5) is 0 Å². The van der Waals surface area contributed by atoms with Gasteiger partial charge < -0.3 is 6.15 Å². The average molecular weight is 251 g/mol. The Kier molecular flexibility index (Phi) is 3.58. The zero-order valence-electron chi connectivity index (χ0n) is 11.2. The van der Waals surface area contributed by atoms with Gasteiger partial charge in [-0.1, -0.05) is 6.07 Å². The monoisotopic (exact) mass is 251 g/mol. The average Bonchev–Trinajstić information content (AvgIpc) is 2.41. The Labute approximate surface area is 112 Å². The molecule has 1 aromatic carbocycles. The second-order valence-electron chi connectivity index (χ2n) is 4.53. The Morgan fingerprint density at radius 3 is 2.32 bits per heavy atom. The molecular weight excluding hydrogens is 234 g/mol. The van der Waals surface area contributed by atoms with Crippen LogP contribution < -0.4 is 6.15 Å². The van der Waals surface area contributed by atoms with Crippen molar-refractivity contribution in [2.24, 2.45) is 0 Å². The van der Waals surface area contributed by atoms with Gasteiger partial charge in [0.05, 0.1) is 5.52 Å². The smallest absolute Gasteiger partial charge is 0.0705 e. The SMILES string of the molecule is Cc1cc2cc(-c3ccncc3)ccc2nc1C.N. The second-order valence-corrected chi connectivity index (χ2v) is 4.53.